The first-order chi connectivity index (χ1) is 12.1. The highest BCUT2D eigenvalue weighted by atomic mass is 16.5. The van der Waals surface area contributed by atoms with Gasteiger partial charge in [0.15, 0.2) is 6.61 Å². The van der Waals surface area contributed by atoms with Crippen LogP contribution in [0.4, 0.5) is 5.69 Å². The van der Waals surface area contributed by atoms with Gasteiger partial charge in [0.1, 0.15) is 11.5 Å². The number of esters is 1. The average molecular weight is 343 g/mol. The zero-order chi connectivity index (χ0) is 18.1. The fourth-order valence-electron chi connectivity index (χ4n) is 2.05. The van der Waals surface area contributed by atoms with Crippen LogP contribution in [0.15, 0.2) is 48.5 Å². The number of hydrogen-bond donors (Lipinski definition) is 1. The molecule has 0 spiro atoms. The molecule has 0 radical (unpaired) electrons. The van der Waals surface area contributed by atoms with Gasteiger partial charge >= 0.3 is 5.97 Å². The summed E-state index contributed by atoms with van der Waals surface area (Å²) in [6, 6.07) is 13.5. The molecule has 1 N–H and O–H groups in total. The van der Waals surface area contributed by atoms with Crippen LogP contribution in [0.5, 0.6) is 11.5 Å². The van der Waals surface area contributed by atoms with Crippen molar-refractivity contribution >= 4 is 17.6 Å². The molecule has 0 aliphatic carbocycles. The molecule has 0 heterocycles. The first-order valence-electron chi connectivity index (χ1n) is 8.05. The second kappa shape index (κ2) is 9.32. The highest BCUT2D eigenvalue weighted by Gasteiger charge is 2.08. The van der Waals surface area contributed by atoms with Gasteiger partial charge in [0.05, 0.1) is 18.8 Å². The van der Waals surface area contributed by atoms with Crippen molar-refractivity contribution in [2.75, 3.05) is 25.1 Å². The Labute approximate surface area is 146 Å². The number of ether oxygens (including phenoxy) is 3. The first-order valence-corrected chi connectivity index (χ1v) is 8.05. The molecular weight excluding hydrogens is 322 g/mol. The lowest BCUT2D eigenvalue weighted by atomic mass is 10.2. The maximum atomic E-state index is 11.9. The summed E-state index contributed by atoms with van der Waals surface area (Å²) < 4.78 is 15.7. The fourth-order valence-corrected chi connectivity index (χ4v) is 2.05. The number of rotatable bonds is 8. The van der Waals surface area contributed by atoms with Gasteiger partial charge in [-0.25, -0.2) is 4.79 Å². The van der Waals surface area contributed by atoms with Gasteiger partial charge in [0.2, 0.25) is 0 Å². The summed E-state index contributed by atoms with van der Waals surface area (Å²) in [6.45, 7) is 4.45. The van der Waals surface area contributed by atoms with Crippen LogP contribution in [0.3, 0.4) is 0 Å². The topological polar surface area (TPSA) is 73.9 Å². The molecule has 0 unspecified atom stereocenters. The zero-order valence-electron chi connectivity index (χ0n) is 14.3. The Morgan fingerprint density at radius 3 is 2.00 bits per heavy atom. The van der Waals surface area contributed by atoms with Crippen LogP contribution < -0.4 is 14.8 Å². The van der Waals surface area contributed by atoms with E-state index in [1.807, 2.05) is 6.92 Å². The van der Waals surface area contributed by atoms with Gasteiger partial charge in [-0.15, -0.1) is 0 Å². The van der Waals surface area contributed by atoms with Crippen molar-refractivity contribution in [3.8, 4) is 11.5 Å². The predicted molar refractivity (Wildman–Crippen MR) is 94.1 cm³/mol. The maximum Gasteiger partial charge on any atom is 0.338 e. The van der Waals surface area contributed by atoms with Gasteiger partial charge in [-0.3, -0.25) is 4.79 Å². The number of carbonyl (C=O) groups is 2. The second-order valence-electron chi connectivity index (χ2n) is 5.04. The summed E-state index contributed by atoms with van der Waals surface area (Å²) in [6.07, 6.45) is 0. The van der Waals surface area contributed by atoms with Gasteiger partial charge in [-0.05, 0) is 62.4 Å². The summed E-state index contributed by atoms with van der Waals surface area (Å²) >= 11 is 0. The molecule has 0 aliphatic rings. The van der Waals surface area contributed by atoms with Crippen LogP contribution >= 0.6 is 0 Å². The molecule has 6 heteroatoms. The molecule has 0 aromatic heterocycles. The van der Waals surface area contributed by atoms with Crippen molar-refractivity contribution in [1.29, 1.82) is 0 Å². The Kier molecular flexibility index (Phi) is 6.83. The van der Waals surface area contributed by atoms with Crippen LogP contribution in [-0.2, 0) is 9.53 Å². The molecule has 1 amide bonds. The minimum absolute atomic E-state index is 0.117. The Hall–Kier alpha value is -3.02. The van der Waals surface area contributed by atoms with Gasteiger partial charge < -0.3 is 19.5 Å². The van der Waals surface area contributed by atoms with E-state index >= 15 is 0 Å². The van der Waals surface area contributed by atoms with Crippen molar-refractivity contribution in [2.45, 2.75) is 13.8 Å². The molecule has 0 aliphatic heterocycles. The minimum atomic E-state index is -0.390. The van der Waals surface area contributed by atoms with E-state index in [4.69, 9.17) is 14.2 Å². The maximum absolute atomic E-state index is 11.9. The van der Waals surface area contributed by atoms with Crippen LogP contribution in [0.1, 0.15) is 24.2 Å². The van der Waals surface area contributed by atoms with E-state index in [-0.39, 0.29) is 18.5 Å². The van der Waals surface area contributed by atoms with Crippen LogP contribution in [0.25, 0.3) is 0 Å². The van der Waals surface area contributed by atoms with Gasteiger partial charge in [0, 0.05) is 5.69 Å². The summed E-state index contributed by atoms with van der Waals surface area (Å²) in [7, 11) is 0. The summed E-state index contributed by atoms with van der Waals surface area (Å²) in [4.78, 5) is 23.5. The molecule has 2 aromatic carbocycles. The van der Waals surface area contributed by atoms with E-state index < -0.39 is 0 Å². The van der Waals surface area contributed by atoms with Crippen molar-refractivity contribution in [2.24, 2.45) is 0 Å². The fraction of sp³-hybridized carbons (Fsp3) is 0.263. The minimum Gasteiger partial charge on any atom is -0.494 e. The molecule has 0 saturated carbocycles. The third-order valence-corrected chi connectivity index (χ3v) is 3.18. The summed E-state index contributed by atoms with van der Waals surface area (Å²) in [5, 5.41) is 2.70. The lowest BCUT2D eigenvalue weighted by molar-refractivity contribution is -0.118. The van der Waals surface area contributed by atoms with E-state index in [2.05, 4.69) is 5.32 Å². The summed E-state index contributed by atoms with van der Waals surface area (Å²) in [5.41, 5.74) is 1.01. The lowest BCUT2D eigenvalue weighted by Gasteiger charge is -2.09. The molecule has 0 bridgehead atoms. The molecule has 0 fully saturated rings. The summed E-state index contributed by atoms with van der Waals surface area (Å²) in [5.74, 6) is 0.647. The Morgan fingerprint density at radius 1 is 0.840 bits per heavy atom. The largest absolute Gasteiger partial charge is 0.494 e. The number of benzene rings is 2. The first kappa shape index (κ1) is 18.3. The van der Waals surface area contributed by atoms with Crippen molar-refractivity contribution in [1.82, 2.24) is 0 Å². The van der Waals surface area contributed by atoms with E-state index in [0.717, 1.165) is 5.75 Å². The molecule has 132 valence electrons. The third-order valence-electron chi connectivity index (χ3n) is 3.18. The number of nitrogens with one attached hydrogen (secondary N) is 1. The molecule has 25 heavy (non-hydrogen) atoms. The Bertz CT molecular complexity index is 695. The standard InChI is InChI=1S/C19H21NO5/c1-3-23-16-9-11-17(12-10-16)25-13-18(21)20-15-7-5-14(6-8-15)19(22)24-4-2/h5-12H,3-4,13H2,1-2H3,(H,20,21). The predicted octanol–water partition coefficient (Wildman–Crippen LogP) is 3.28. The monoisotopic (exact) mass is 343 g/mol. The molecule has 6 nitrogen and oxygen atoms in total. The Morgan fingerprint density at radius 2 is 1.44 bits per heavy atom. The molecule has 2 rings (SSSR count). The zero-order valence-corrected chi connectivity index (χ0v) is 14.3. The molecule has 2 aromatic rings. The van der Waals surface area contributed by atoms with Crippen molar-refractivity contribution in [3.63, 3.8) is 0 Å². The number of amides is 1. The van der Waals surface area contributed by atoms with E-state index in [1.165, 1.54) is 0 Å². The van der Waals surface area contributed by atoms with E-state index in [9.17, 15) is 9.59 Å². The molecule has 0 saturated heterocycles. The number of hydrogen-bond acceptors (Lipinski definition) is 5. The highest BCUT2D eigenvalue weighted by molar-refractivity contribution is 5.93. The average Bonchev–Trinajstić information content (AvgIpc) is 2.62. The smallest absolute Gasteiger partial charge is 0.338 e. The van der Waals surface area contributed by atoms with Gasteiger partial charge in [0.25, 0.3) is 5.91 Å². The van der Waals surface area contributed by atoms with Crippen LogP contribution in [0, 0.1) is 0 Å². The Balaban J connectivity index is 1.82. The van der Waals surface area contributed by atoms with Gasteiger partial charge in [-0.1, -0.05) is 0 Å². The normalized spacial score (nSPS) is 10.0. The second-order valence-corrected chi connectivity index (χ2v) is 5.04. The molecular formula is C19H21NO5. The van der Waals surface area contributed by atoms with Crippen molar-refractivity contribution in [3.05, 3.63) is 54.1 Å². The number of carbonyl (C=O) groups excluding carboxylic acids is 2. The van der Waals surface area contributed by atoms with Crippen LogP contribution in [-0.4, -0.2) is 31.7 Å². The van der Waals surface area contributed by atoms with Crippen LogP contribution in [0.2, 0.25) is 0 Å². The SMILES string of the molecule is CCOC(=O)c1ccc(NC(=O)COc2ccc(OCC)cc2)cc1. The quantitative estimate of drug-likeness (QED) is 0.745. The molecule has 0 atom stereocenters. The highest BCUT2D eigenvalue weighted by Crippen LogP contribution is 2.17. The van der Waals surface area contributed by atoms with Crippen molar-refractivity contribution < 1.29 is 23.8 Å². The number of anilines is 1. The van der Waals surface area contributed by atoms with E-state index in [1.54, 1.807) is 55.5 Å². The van der Waals surface area contributed by atoms with E-state index in [0.29, 0.717) is 30.2 Å². The third kappa shape index (κ3) is 5.84. The lowest BCUT2D eigenvalue weighted by Crippen LogP contribution is -2.20. The van der Waals surface area contributed by atoms with Gasteiger partial charge in [-0.2, -0.15) is 0 Å².